The Labute approximate surface area is 213 Å². The normalized spacial score (nSPS) is 10.6. The summed E-state index contributed by atoms with van der Waals surface area (Å²) < 4.78 is 24.7. The lowest BCUT2D eigenvalue weighted by Crippen LogP contribution is -2.20. The van der Waals surface area contributed by atoms with E-state index in [4.69, 9.17) is 9.47 Å². The first kappa shape index (κ1) is 26.3. The molecule has 0 saturated heterocycles. The molecule has 0 radical (unpaired) electrons. The van der Waals surface area contributed by atoms with Gasteiger partial charge in [0.2, 0.25) is 0 Å². The molecule has 2 amide bonds. The van der Waals surface area contributed by atoms with Crippen LogP contribution in [0.4, 0.5) is 15.8 Å². The number of nitrogens with one attached hydrogen (secondary N) is 2. The van der Waals surface area contributed by atoms with Crippen molar-refractivity contribution in [1.29, 1.82) is 0 Å². The summed E-state index contributed by atoms with van der Waals surface area (Å²) in [6, 6.07) is 13.8. The van der Waals surface area contributed by atoms with Crippen molar-refractivity contribution in [1.82, 2.24) is 5.43 Å². The predicted octanol–water partition coefficient (Wildman–Crippen LogP) is 4.68. The van der Waals surface area contributed by atoms with Gasteiger partial charge in [0.25, 0.3) is 17.5 Å². The van der Waals surface area contributed by atoms with Gasteiger partial charge >= 0.3 is 0 Å². The first-order chi connectivity index (χ1) is 17.3. The van der Waals surface area contributed by atoms with Gasteiger partial charge in [-0.1, -0.05) is 6.07 Å². The lowest BCUT2D eigenvalue weighted by molar-refractivity contribution is -0.384. The summed E-state index contributed by atoms with van der Waals surface area (Å²) in [6.07, 6.45) is 1.35. The van der Waals surface area contributed by atoms with Crippen LogP contribution in [0, 0.1) is 15.9 Å². The molecule has 3 rings (SSSR count). The number of hydrogen-bond donors (Lipinski definition) is 2. The molecule has 36 heavy (non-hydrogen) atoms. The smallest absolute Gasteiger partial charge is 0.271 e. The van der Waals surface area contributed by atoms with Gasteiger partial charge in [0, 0.05) is 23.4 Å². The second kappa shape index (κ2) is 12.4. The highest BCUT2D eigenvalue weighted by Gasteiger charge is 2.15. The van der Waals surface area contributed by atoms with Crippen molar-refractivity contribution in [2.75, 3.05) is 18.5 Å². The molecule has 0 aliphatic carbocycles. The van der Waals surface area contributed by atoms with Crippen LogP contribution in [0.5, 0.6) is 11.5 Å². The van der Waals surface area contributed by atoms with Crippen molar-refractivity contribution in [3.05, 3.63) is 92.2 Å². The van der Waals surface area contributed by atoms with Crippen LogP contribution in [-0.4, -0.2) is 36.2 Å². The molecule has 0 unspecified atom stereocenters. The standard InChI is InChI=1S/C24H20BrFN4O6/c1-2-35-21-11-15(13-27-29-24(32)16-4-3-5-19(12-16)30(33)34)10-20(25)23(21)36-14-22(31)28-18-8-6-17(26)7-9-18/h3-13H,2,14H2,1H3,(H,28,31)(H,29,32)/b27-13+. The Morgan fingerprint density at radius 3 is 2.58 bits per heavy atom. The van der Waals surface area contributed by atoms with Crippen LogP contribution in [0.25, 0.3) is 0 Å². The molecule has 0 saturated carbocycles. The Balaban J connectivity index is 1.66. The van der Waals surface area contributed by atoms with E-state index in [0.717, 1.165) is 6.07 Å². The van der Waals surface area contributed by atoms with Crippen LogP contribution in [0.15, 0.2) is 70.2 Å². The summed E-state index contributed by atoms with van der Waals surface area (Å²) in [7, 11) is 0. The number of carbonyl (C=O) groups excluding carboxylic acids is 2. The van der Waals surface area contributed by atoms with E-state index in [1.54, 1.807) is 19.1 Å². The number of hydrazone groups is 1. The quantitative estimate of drug-likeness (QED) is 0.211. The molecule has 186 valence electrons. The van der Waals surface area contributed by atoms with Gasteiger partial charge in [-0.3, -0.25) is 19.7 Å². The van der Waals surface area contributed by atoms with Crippen molar-refractivity contribution in [3.8, 4) is 11.5 Å². The molecule has 0 fully saturated rings. The maximum absolute atomic E-state index is 13.0. The van der Waals surface area contributed by atoms with Crippen molar-refractivity contribution in [2.24, 2.45) is 5.10 Å². The van der Waals surface area contributed by atoms with Gasteiger partial charge in [-0.25, -0.2) is 9.82 Å². The molecule has 0 atom stereocenters. The van der Waals surface area contributed by atoms with Crippen LogP contribution >= 0.6 is 15.9 Å². The minimum Gasteiger partial charge on any atom is -0.490 e. The number of hydrogen-bond acceptors (Lipinski definition) is 7. The van der Waals surface area contributed by atoms with Crippen molar-refractivity contribution in [2.45, 2.75) is 6.92 Å². The minimum atomic E-state index is -0.619. The van der Waals surface area contributed by atoms with Crippen LogP contribution in [0.2, 0.25) is 0 Å². The molecule has 3 aromatic rings. The van der Waals surface area contributed by atoms with E-state index in [1.807, 2.05) is 0 Å². The van der Waals surface area contributed by atoms with E-state index in [2.05, 4.69) is 31.8 Å². The molecule has 0 spiro atoms. The Bertz CT molecular complexity index is 1300. The van der Waals surface area contributed by atoms with E-state index in [-0.39, 0.29) is 23.6 Å². The Morgan fingerprint density at radius 1 is 1.14 bits per heavy atom. The largest absolute Gasteiger partial charge is 0.490 e. The number of carbonyl (C=O) groups is 2. The fourth-order valence-corrected chi connectivity index (χ4v) is 3.50. The predicted molar refractivity (Wildman–Crippen MR) is 134 cm³/mol. The number of non-ortho nitro benzene ring substituents is 1. The van der Waals surface area contributed by atoms with Crippen LogP contribution in [-0.2, 0) is 4.79 Å². The number of nitro benzene ring substituents is 1. The topological polar surface area (TPSA) is 132 Å². The molecular weight excluding hydrogens is 539 g/mol. The number of nitrogens with zero attached hydrogens (tertiary/aromatic N) is 2. The van der Waals surface area contributed by atoms with Gasteiger partial charge in [0.05, 0.1) is 22.2 Å². The van der Waals surface area contributed by atoms with E-state index in [1.165, 1.54) is 48.7 Å². The Hall–Kier alpha value is -4.32. The average Bonchev–Trinajstić information content (AvgIpc) is 2.85. The fourth-order valence-electron chi connectivity index (χ4n) is 2.92. The van der Waals surface area contributed by atoms with E-state index >= 15 is 0 Å². The number of rotatable bonds is 10. The number of benzene rings is 3. The molecule has 10 nitrogen and oxygen atoms in total. The lowest BCUT2D eigenvalue weighted by atomic mass is 10.2. The monoisotopic (exact) mass is 558 g/mol. The van der Waals surface area contributed by atoms with Crippen molar-refractivity contribution >= 4 is 45.3 Å². The van der Waals surface area contributed by atoms with Crippen molar-refractivity contribution in [3.63, 3.8) is 0 Å². The Kier molecular flexibility index (Phi) is 9.06. The number of nitro groups is 1. The van der Waals surface area contributed by atoms with Gasteiger partial charge in [0.15, 0.2) is 18.1 Å². The maximum atomic E-state index is 13.0. The second-order valence-electron chi connectivity index (χ2n) is 7.11. The number of halogens is 2. The summed E-state index contributed by atoms with van der Waals surface area (Å²) in [4.78, 5) is 34.7. The van der Waals surface area contributed by atoms with Crippen LogP contribution in [0.3, 0.4) is 0 Å². The summed E-state index contributed by atoms with van der Waals surface area (Å²) >= 11 is 3.38. The number of anilines is 1. The second-order valence-corrected chi connectivity index (χ2v) is 7.97. The molecule has 0 aromatic heterocycles. The average molecular weight is 559 g/mol. The summed E-state index contributed by atoms with van der Waals surface area (Å²) in [5.41, 5.74) is 3.14. The summed E-state index contributed by atoms with van der Waals surface area (Å²) in [6.45, 7) is 1.76. The van der Waals surface area contributed by atoms with E-state index in [9.17, 15) is 24.1 Å². The zero-order chi connectivity index (χ0) is 26.1. The minimum absolute atomic E-state index is 0.0835. The van der Waals surface area contributed by atoms with Gasteiger partial charge in [-0.2, -0.15) is 5.10 Å². The highest BCUT2D eigenvalue weighted by Crippen LogP contribution is 2.36. The molecule has 0 aliphatic heterocycles. The maximum Gasteiger partial charge on any atom is 0.271 e. The van der Waals surface area contributed by atoms with E-state index in [0.29, 0.717) is 28.1 Å². The van der Waals surface area contributed by atoms with Gasteiger partial charge in [0.1, 0.15) is 5.82 Å². The molecule has 3 aromatic carbocycles. The SMILES string of the molecule is CCOc1cc(/C=N/NC(=O)c2cccc([N+](=O)[O-])c2)cc(Br)c1OCC(=O)Nc1ccc(F)cc1. The third kappa shape index (κ3) is 7.34. The highest BCUT2D eigenvalue weighted by atomic mass is 79.9. The summed E-state index contributed by atoms with van der Waals surface area (Å²) in [5, 5.41) is 17.4. The Morgan fingerprint density at radius 2 is 1.89 bits per heavy atom. The number of amides is 2. The lowest BCUT2D eigenvalue weighted by Gasteiger charge is -2.14. The van der Waals surface area contributed by atoms with E-state index < -0.39 is 22.6 Å². The van der Waals surface area contributed by atoms with Crippen LogP contribution < -0.4 is 20.2 Å². The molecule has 2 N–H and O–H groups in total. The first-order valence-corrected chi connectivity index (χ1v) is 11.3. The number of ether oxygens (including phenoxy) is 2. The zero-order valence-corrected chi connectivity index (χ0v) is 20.5. The van der Waals surface area contributed by atoms with Gasteiger partial charge in [-0.15, -0.1) is 0 Å². The first-order valence-electron chi connectivity index (χ1n) is 10.5. The molecule has 0 aliphatic rings. The van der Waals surface area contributed by atoms with Gasteiger partial charge < -0.3 is 14.8 Å². The van der Waals surface area contributed by atoms with Gasteiger partial charge in [-0.05, 0) is 70.9 Å². The molecule has 12 heteroatoms. The molecule has 0 heterocycles. The molecule has 0 bridgehead atoms. The third-order valence-corrected chi connectivity index (χ3v) is 5.10. The molecular formula is C24H20BrFN4O6. The highest BCUT2D eigenvalue weighted by molar-refractivity contribution is 9.10. The van der Waals surface area contributed by atoms with Crippen LogP contribution in [0.1, 0.15) is 22.8 Å². The summed E-state index contributed by atoms with van der Waals surface area (Å²) in [5.74, 6) is -0.879. The fraction of sp³-hybridized carbons (Fsp3) is 0.125. The third-order valence-electron chi connectivity index (χ3n) is 4.51. The zero-order valence-electron chi connectivity index (χ0n) is 18.9. The van der Waals surface area contributed by atoms with Crippen molar-refractivity contribution < 1.29 is 28.4 Å².